The first-order valence-electron chi connectivity index (χ1n) is 25.9. The van der Waals surface area contributed by atoms with Crippen LogP contribution in [0.15, 0.2) is 48.6 Å². The summed E-state index contributed by atoms with van der Waals surface area (Å²) in [4.78, 5) is 12.4. The monoisotopic (exact) mass is 812 g/mol. The van der Waals surface area contributed by atoms with Crippen LogP contribution in [-0.4, -0.2) is 34.9 Å². The Labute approximate surface area is 363 Å². The number of allylic oxidation sites excluding steroid dienone is 7. The predicted octanol–water partition coefficient (Wildman–Crippen LogP) is 16.7. The van der Waals surface area contributed by atoms with E-state index >= 15 is 0 Å². The molecule has 0 aromatic rings. The van der Waals surface area contributed by atoms with Crippen LogP contribution in [0.3, 0.4) is 0 Å². The fourth-order valence-corrected chi connectivity index (χ4v) is 7.79. The Hall–Kier alpha value is -1.65. The lowest BCUT2D eigenvalue weighted by atomic mass is 10.0. The molecule has 0 aliphatic carbocycles. The summed E-state index contributed by atoms with van der Waals surface area (Å²) in [6.45, 7) is 4.31. The van der Waals surface area contributed by atoms with Gasteiger partial charge >= 0.3 is 0 Å². The highest BCUT2D eigenvalue weighted by atomic mass is 16.3. The topological polar surface area (TPSA) is 69.6 Å². The molecule has 0 aromatic heterocycles. The number of rotatable bonds is 47. The molecule has 0 saturated heterocycles. The first-order chi connectivity index (χ1) is 28.7. The molecule has 0 fully saturated rings. The lowest BCUT2D eigenvalue weighted by molar-refractivity contribution is -0.123. The molecule has 58 heavy (non-hydrogen) atoms. The third kappa shape index (κ3) is 45.4. The summed E-state index contributed by atoms with van der Waals surface area (Å²) < 4.78 is 0. The van der Waals surface area contributed by atoms with Crippen LogP contribution >= 0.6 is 0 Å². The van der Waals surface area contributed by atoms with Crippen molar-refractivity contribution in [1.29, 1.82) is 0 Å². The molecule has 0 spiro atoms. The normalized spacial score (nSPS) is 13.2. The predicted molar refractivity (Wildman–Crippen MR) is 258 cm³/mol. The molecule has 2 atom stereocenters. The lowest BCUT2D eigenvalue weighted by Gasteiger charge is -2.19. The minimum atomic E-state index is -0.872. The Bertz CT molecular complexity index is 923. The summed E-state index contributed by atoms with van der Waals surface area (Å²) in [7, 11) is 0. The molecule has 0 radical (unpaired) electrons. The van der Waals surface area contributed by atoms with Crippen LogP contribution in [0.1, 0.15) is 271 Å². The van der Waals surface area contributed by atoms with Crippen molar-refractivity contribution in [2.75, 3.05) is 6.61 Å². The van der Waals surface area contributed by atoms with Crippen molar-refractivity contribution in [1.82, 2.24) is 5.32 Å². The molecular weight excluding hydrogens is 711 g/mol. The van der Waals surface area contributed by atoms with E-state index in [4.69, 9.17) is 0 Å². The van der Waals surface area contributed by atoms with Gasteiger partial charge in [0.1, 0.15) is 0 Å². The van der Waals surface area contributed by atoms with Crippen molar-refractivity contribution in [3.8, 4) is 0 Å². The Morgan fingerprint density at radius 3 is 1.00 bits per heavy atom. The van der Waals surface area contributed by atoms with Gasteiger partial charge in [-0.1, -0.05) is 242 Å². The zero-order valence-corrected chi connectivity index (χ0v) is 39.1. The zero-order valence-electron chi connectivity index (χ0n) is 39.1. The van der Waals surface area contributed by atoms with Gasteiger partial charge in [0.15, 0.2) is 0 Å². The summed E-state index contributed by atoms with van der Waals surface area (Å²) in [5.74, 6) is -0.0786. The van der Waals surface area contributed by atoms with Gasteiger partial charge in [0.25, 0.3) is 0 Å². The van der Waals surface area contributed by atoms with Gasteiger partial charge in [-0.25, -0.2) is 0 Å². The summed E-state index contributed by atoms with van der Waals surface area (Å²) in [5, 5.41) is 23.1. The van der Waals surface area contributed by atoms with E-state index in [1.165, 1.54) is 212 Å². The number of aliphatic hydroxyl groups is 2. The van der Waals surface area contributed by atoms with E-state index in [0.29, 0.717) is 6.42 Å². The van der Waals surface area contributed by atoms with Crippen molar-refractivity contribution < 1.29 is 15.0 Å². The SMILES string of the molecule is CCCCCCCCCC/C=C\CCCCCCCCCCCC(=O)NC(CO)C(O)/C=C/CC/C=C/CC/C=C/CCCCCCCCCCCCCCCCC. The van der Waals surface area contributed by atoms with Gasteiger partial charge in [0.2, 0.25) is 5.91 Å². The molecule has 4 nitrogen and oxygen atoms in total. The maximum Gasteiger partial charge on any atom is 0.220 e. The number of nitrogens with one attached hydrogen (secondary N) is 1. The van der Waals surface area contributed by atoms with Gasteiger partial charge in [-0.15, -0.1) is 0 Å². The Morgan fingerprint density at radius 2 is 0.672 bits per heavy atom. The molecule has 2 unspecified atom stereocenters. The average molecular weight is 812 g/mol. The Balaban J connectivity index is 3.59. The molecule has 1 amide bonds. The van der Waals surface area contributed by atoms with Gasteiger partial charge in [-0.2, -0.15) is 0 Å². The van der Waals surface area contributed by atoms with E-state index in [0.717, 1.165) is 38.5 Å². The second-order valence-electron chi connectivity index (χ2n) is 17.6. The number of aliphatic hydroxyl groups excluding tert-OH is 2. The van der Waals surface area contributed by atoms with Crippen molar-refractivity contribution in [2.24, 2.45) is 0 Å². The van der Waals surface area contributed by atoms with E-state index < -0.39 is 12.1 Å². The smallest absolute Gasteiger partial charge is 0.220 e. The Kier molecular flexibility index (Phi) is 48.3. The molecule has 0 rings (SSSR count). The second-order valence-corrected chi connectivity index (χ2v) is 17.6. The summed E-state index contributed by atoms with van der Waals surface area (Å²) in [6.07, 6.45) is 68.2. The molecule has 0 saturated carbocycles. The largest absolute Gasteiger partial charge is 0.394 e. The van der Waals surface area contributed by atoms with E-state index in [-0.39, 0.29) is 12.5 Å². The van der Waals surface area contributed by atoms with E-state index in [1.807, 2.05) is 6.08 Å². The lowest BCUT2D eigenvalue weighted by Crippen LogP contribution is -2.45. The summed E-state index contributed by atoms with van der Waals surface area (Å²) in [5.41, 5.74) is 0. The highest BCUT2D eigenvalue weighted by molar-refractivity contribution is 5.76. The third-order valence-electron chi connectivity index (χ3n) is 11.8. The van der Waals surface area contributed by atoms with Crippen LogP contribution in [0.25, 0.3) is 0 Å². The quantitative estimate of drug-likeness (QED) is 0.0423. The first-order valence-corrected chi connectivity index (χ1v) is 25.9. The van der Waals surface area contributed by atoms with Crippen LogP contribution in [0.4, 0.5) is 0 Å². The van der Waals surface area contributed by atoms with Gasteiger partial charge in [-0.05, 0) is 70.6 Å². The van der Waals surface area contributed by atoms with Gasteiger partial charge < -0.3 is 15.5 Å². The molecular formula is C54H101NO3. The maximum absolute atomic E-state index is 12.4. The van der Waals surface area contributed by atoms with E-state index in [2.05, 4.69) is 55.6 Å². The van der Waals surface area contributed by atoms with Crippen LogP contribution in [0, 0.1) is 0 Å². The second kappa shape index (κ2) is 49.7. The molecule has 0 aliphatic heterocycles. The van der Waals surface area contributed by atoms with Gasteiger partial charge in [-0.3, -0.25) is 4.79 Å². The van der Waals surface area contributed by atoms with E-state index in [9.17, 15) is 15.0 Å². The number of carbonyl (C=O) groups excluding carboxylic acids is 1. The van der Waals surface area contributed by atoms with Crippen molar-refractivity contribution in [2.45, 2.75) is 283 Å². The van der Waals surface area contributed by atoms with Crippen LogP contribution in [0.2, 0.25) is 0 Å². The highest BCUT2D eigenvalue weighted by Gasteiger charge is 2.17. The average Bonchev–Trinajstić information content (AvgIpc) is 3.23. The minimum Gasteiger partial charge on any atom is -0.394 e. The fourth-order valence-electron chi connectivity index (χ4n) is 7.79. The van der Waals surface area contributed by atoms with Crippen LogP contribution in [-0.2, 0) is 4.79 Å². The number of unbranched alkanes of at least 4 members (excludes halogenated alkanes) is 34. The molecule has 0 aromatic carbocycles. The summed E-state index contributed by atoms with van der Waals surface area (Å²) >= 11 is 0. The van der Waals surface area contributed by atoms with Crippen molar-refractivity contribution >= 4 is 5.91 Å². The van der Waals surface area contributed by atoms with E-state index in [1.54, 1.807) is 6.08 Å². The van der Waals surface area contributed by atoms with Crippen LogP contribution < -0.4 is 5.32 Å². The van der Waals surface area contributed by atoms with Crippen molar-refractivity contribution in [3.05, 3.63) is 48.6 Å². The number of carbonyl (C=O) groups is 1. The fraction of sp³-hybridized carbons (Fsp3) is 0.833. The highest BCUT2D eigenvalue weighted by Crippen LogP contribution is 2.15. The Morgan fingerprint density at radius 1 is 0.397 bits per heavy atom. The summed E-state index contributed by atoms with van der Waals surface area (Å²) in [6, 6.07) is -0.647. The molecule has 0 heterocycles. The standard InChI is InChI=1S/C54H101NO3/c1-3-5-7-9-11-13-15-17-19-21-23-25-26-27-28-30-31-33-35-37-39-41-43-45-47-49-53(57)52(51-56)55-54(58)50-48-46-44-42-40-38-36-34-32-29-24-22-20-18-16-14-12-10-8-6-4-2/h22,24,31,33,39,41,47,49,52-53,56-57H,3-21,23,25-30,32,34-38,40,42-46,48,50-51H2,1-2H3,(H,55,58)/b24-22-,33-31+,41-39+,49-47+. The van der Waals surface area contributed by atoms with Gasteiger partial charge in [0, 0.05) is 6.42 Å². The zero-order chi connectivity index (χ0) is 42.1. The van der Waals surface area contributed by atoms with Gasteiger partial charge in [0.05, 0.1) is 18.8 Å². The number of hydrogen-bond acceptors (Lipinski definition) is 3. The molecule has 4 heteroatoms. The third-order valence-corrected chi connectivity index (χ3v) is 11.8. The number of hydrogen-bond donors (Lipinski definition) is 3. The molecule has 0 aliphatic rings. The first kappa shape index (κ1) is 56.4. The molecule has 3 N–H and O–H groups in total. The minimum absolute atomic E-state index is 0.0786. The molecule has 0 bridgehead atoms. The van der Waals surface area contributed by atoms with Crippen LogP contribution in [0.5, 0.6) is 0 Å². The van der Waals surface area contributed by atoms with Crippen molar-refractivity contribution in [3.63, 3.8) is 0 Å². The maximum atomic E-state index is 12.4. The molecule has 340 valence electrons. The number of amides is 1.